The maximum atomic E-state index is 13.7. The van der Waals surface area contributed by atoms with E-state index >= 15 is 0 Å². The molecule has 1 fully saturated rings. The van der Waals surface area contributed by atoms with Crippen LogP contribution in [0.3, 0.4) is 0 Å². The molecule has 1 heterocycles. The molecule has 0 unspecified atom stereocenters. The van der Waals surface area contributed by atoms with Crippen molar-refractivity contribution >= 4 is 28.5 Å². The lowest BCUT2D eigenvalue weighted by atomic mass is 9.95. The topological polar surface area (TPSA) is 62.6 Å². The average Bonchev–Trinajstić information content (AvgIpc) is 3.72. The highest BCUT2D eigenvalue weighted by molar-refractivity contribution is 6.12. The van der Waals surface area contributed by atoms with Gasteiger partial charge < -0.3 is 14.6 Å². The Hall–Kier alpha value is -4.71. The van der Waals surface area contributed by atoms with Crippen molar-refractivity contribution in [3.63, 3.8) is 0 Å². The molecule has 6 heteroatoms. The number of carbonyl (C=O) groups is 2. The van der Waals surface area contributed by atoms with Crippen LogP contribution in [0.1, 0.15) is 39.1 Å². The fourth-order valence-corrected chi connectivity index (χ4v) is 5.04. The van der Waals surface area contributed by atoms with Crippen LogP contribution in [0.4, 0.5) is 10.1 Å². The monoisotopic (exact) mass is 518 g/mol. The van der Waals surface area contributed by atoms with E-state index in [2.05, 4.69) is 5.32 Å². The van der Waals surface area contributed by atoms with Gasteiger partial charge in [0.1, 0.15) is 17.2 Å². The Morgan fingerprint density at radius 3 is 2.31 bits per heavy atom. The zero-order valence-electron chi connectivity index (χ0n) is 21.7. The second-order valence-electron chi connectivity index (χ2n) is 9.87. The largest absolute Gasteiger partial charge is 0.455 e. The number of nitrogens with zero attached hydrogens (tertiary/aromatic N) is 1. The number of nitrogens with one attached hydrogen (secondary N) is 1. The zero-order chi connectivity index (χ0) is 27.1. The van der Waals surface area contributed by atoms with E-state index in [4.69, 9.17) is 4.42 Å². The van der Waals surface area contributed by atoms with Gasteiger partial charge in [0.05, 0.1) is 5.56 Å². The van der Waals surface area contributed by atoms with Gasteiger partial charge >= 0.3 is 0 Å². The highest BCUT2D eigenvalue weighted by Gasteiger charge is 2.34. The summed E-state index contributed by atoms with van der Waals surface area (Å²) >= 11 is 0. The van der Waals surface area contributed by atoms with Crippen molar-refractivity contribution in [3.8, 4) is 22.5 Å². The minimum absolute atomic E-state index is 0.0287. The van der Waals surface area contributed by atoms with Gasteiger partial charge in [-0.1, -0.05) is 30.3 Å². The van der Waals surface area contributed by atoms with Gasteiger partial charge in [-0.2, -0.15) is 0 Å². The maximum Gasteiger partial charge on any atom is 0.258 e. The van der Waals surface area contributed by atoms with Crippen LogP contribution in [-0.2, 0) is 0 Å². The molecule has 0 aliphatic heterocycles. The summed E-state index contributed by atoms with van der Waals surface area (Å²) < 4.78 is 19.7. The molecule has 5 nitrogen and oxygen atoms in total. The van der Waals surface area contributed by atoms with Gasteiger partial charge in [0.2, 0.25) is 0 Å². The van der Waals surface area contributed by atoms with Crippen LogP contribution in [0.5, 0.6) is 0 Å². The van der Waals surface area contributed by atoms with Crippen molar-refractivity contribution < 1.29 is 18.4 Å². The summed E-state index contributed by atoms with van der Waals surface area (Å²) in [6.45, 7) is 2.00. The smallest absolute Gasteiger partial charge is 0.258 e. The van der Waals surface area contributed by atoms with Crippen molar-refractivity contribution in [1.82, 2.24) is 5.32 Å². The lowest BCUT2D eigenvalue weighted by Crippen LogP contribution is -2.33. The number of anilines is 1. The minimum atomic E-state index is -0.365. The van der Waals surface area contributed by atoms with Crippen molar-refractivity contribution in [1.29, 1.82) is 0 Å². The van der Waals surface area contributed by atoms with Gasteiger partial charge in [0.15, 0.2) is 0 Å². The van der Waals surface area contributed by atoms with Gasteiger partial charge in [-0.15, -0.1) is 0 Å². The van der Waals surface area contributed by atoms with E-state index in [9.17, 15) is 14.0 Å². The quantitative estimate of drug-likeness (QED) is 0.255. The number of fused-ring (bicyclic) bond motifs is 1. The molecule has 0 atom stereocenters. The van der Waals surface area contributed by atoms with E-state index in [-0.39, 0.29) is 23.7 Å². The molecule has 1 aliphatic carbocycles. The summed E-state index contributed by atoms with van der Waals surface area (Å²) in [4.78, 5) is 28.6. The summed E-state index contributed by atoms with van der Waals surface area (Å²) in [5, 5.41) is 3.34. The Labute approximate surface area is 225 Å². The molecule has 0 radical (unpaired) electrons. The first-order valence-corrected chi connectivity index (χ1v) is 13.0. The Balaban J connectivity index is 1.44. The first-order chi connectivity index (χ1) is 18.9. The van der Waals surface area contributed by atoms with Crippen LogP contribution < -0.4 is 10.2 Å². The number of rotatable bonds is 6. The number of aryl methyl sites for hydroxylation is 1. The van der Waals surface area contributed by atoms with Crippen LogP contribution in [0.25, 0.3) is 33.4 Å². The molecule has 194 valence electrons. The standard InChI is InChI=1S/C33H27FN2O3/c1-20-8-9-23(33(38)36(26-15-16-26)25-6-4-3-5-7-25)19-27(20)22-12-17-29-28(18-22)30(32(37)35-2)31(39-29)21-10-13-24(34)14-11-21/h3-14,17-19,26H,15-16H2,1-2H3,(H,35,37). The molecule has 4 aromatic carbocycles. The molecule has 0 bridgehead atoms. The number of benzene rings is 4. The molecule has 1 N–H and O–H groups in total. The summed E-state index contributed by atoms with van der Waals surface area (Å²) in [5.74, 6) is -0.311. The molecular weight excluding hydrogens is 491 g/mol. The molecular formula is C33H27FN2O3. The summed E-state index contributed by atoms with van der Waals surface area (Å²) in [6.07, 6.45) is 1.99. The van der Waals surface area contributed by atoms with E-state index in [0.717, 1.165) is 35.2 Å². The van der Waals surface area contributed by atoms with Crippen molar-refractivity contribution in [2.45, 2.75) is 25.8 Å². The minimum Gasteiger partial charge on any atom is -0.455 e. The number of hydrogen-bond acceptors (Lipinski definition) is 3. The number of hydrogen-bond donors (Lipinski definition) is 1. The molecule has 1 aliphatic rings. The predicted octanol–water partition coefficient (Wildman–Crippen LogP) is 7.38. The van der Waals surface area contributed by atoms with Crippen LogP contribution in [0, 0.1) is 12.7 Å². The van der Waals surface area contributed by atoms with Gasteiger partial charge in [-0.05, 0) is 97.1 Å². The Morgan fingerprint density at radius 2 is 1.62 bits per heavy atom. The molecule has 0 spiro atoms. The first kappa shape index (κ1) is 24.6. The van der Waals surface area contributed by atoms with Crippen LogP contribution in [0.15, 0.2) is 95.4 Å². The summed E-state index contributed by atoms with van der Waals surface area (Å²) in [7, 11) is 1.57. The van der Waals surface area contributed by atoms with E-state index in [0.29, 0.717) is 33.4 Å². The Morgan fingerprint density at radius 1 is 0.897 bits per heavy atom. The molecule has 1 saturated carbocycles. The lowest BCUT2D eigenvalue weighted by Gasteiger charge is -2.23. The average molecular weight is 519 g/mol. The molecule has 5 aromatic rings. The lowest BCUT2D eigenvalue weighted by molar-refractivity contribution is 0.0962. The fraction of sp³-hybridized carbons (Fsp3) is 0.152. The van der Waals surface area contributed by atoms with Crippen LogP contribution in [-0.4, -0.2) is 24.9 Å². The highest BCUT2D eigenvalue weighted by atomic mass is 19.1. The van der Waals surface area contributed by atoms with Crippen LogP contribution >= 0.6 is 0 Å². The third-order valence-electron chi connectivity index (χ3n) is 7.21. The Bertz CT molecular complexity index is 1700. The van der Waals surface area contributed by atoms with E-state index in [1.165, 1.54) is 12.1 Å². The third-order valence-corrected chi connectivity index (χ3v) is 7.21. The van der Waals surface area contributed by atoms with Gasteiger partial charge in [0, 0.05) is 35.3 Å². The second-order valence-corrected chi connectivity index (χ2v) is 9.87. The Kier molecular flexibility index (Phi) is 6.23. The second kappa shape index (κ2) is 9.87. The van der Waals surface area contributed by atoms with Crippen molar-refractivity contribution in [2.24, 2.45) is 0 Å². The molecule has 0 saturated heterocycles. The zero-order valence-corrected chi connectivity index (χ0v) is 21.7. The van der Waals surface area contributed by atoms with E-state index < -0.39 is 0 Å². The van der Waals surface area contributed by atoms with Crippen molar-refractivity contribution in [2.75, 3.05) is 11.9 Å². The predicted molar refractivity (Wildman–Crippen MR) is 151 cm³/mol. The third kappa shape index (κ3) is 4.59. The highest BCUT2D eigenvalue weighted by Crippen LogP contribution is 2.38. The number of halogens is 1. The molecule has 39 heavy (non-hydrogen) atoms. The van der Waals surface area contributed by atoms with E-state index in [1.807, 2.05) is 78.6 Å². The number of amides is 2. The van der Waals surface area contributed by atoms with E-state index in [1.54, 1.807) is 19.2 Å². The van der Waals surface area contributed by atoms with Gasteiger partial charge in [-0.25, -0.2) is 4.39 Å². The SMILES string of the molecule is CNC(=O)c1c(-c2ccc(F)cc2)oc2ccc(-c3cc(C(=O)N(c4ccccc4)C4CC4)ccc3C)cc12. The van der Waals surface area contributed by atoms with Gasteiger partial charge in [0.25, 0.3) is 11.8 Å². The fourth-order valence-electron chi connectivity index (χ4n) is 5.04. The van der Waals surface area contributed by atoms with Crippen LogP contribution in [0.2, 0.25) is 0 Å². The number of furan rings is 1. The van der Waals surface area contributed by atoms with Crippen molar-refractivity contribution in [3.05, 3.63) is 114 Å². The molecule has 1 aromatic heterocycles. The molecule has 6 rings (SSSR count). The summed E-state index contributed by atoms with van der Waals surface area (Å²) in [6, 6.07) is 27.3. The maximum absolute atomic E-state index is 13.7. The van der Waals surface area contributed by atoms with Gasteiger partial charge in [-0.3, -0.25) is 9.59 Å². The number of para-hydroxylation sites is 1. The number of carbonyl (C=O) groups excluding carboxylic acids is 2. The summed E-state index contributed by atoms with van der Waals surface area (Å²) in [5.41, 5.74) is 5.82. The normalized spacial score (nSPS) is 12.9. The molecule has 2 amide bonds. The first-order valence-electron chi connectivity index (χ1n) is 13.0.